The Morgan fingerprint density at radius 2 is 2.27 bits per heavy atom. The first-order chi connectivity index (χ1) is 7.08. The molecule has 0 atom stereocenters. The van der Waals surface area contributed by atoms with Crippen molar-refractivity contribution >= 4 is 11.7 Å². The van der Waals surface area contributed by atoms with Gasteiger partial charge in [0.15, 0.2) is 0 Å². The van der Waals surface area contributed by atoms with Crippen molar-refractivity contribution in [3.63, 3.8) is 0 Å². The normalized spacial score (nSPS) is 9.40. The van der Waals surface area contributed by atoms with Crippen LogP contribution in [0.15, 0.2) is 12.1 Å². The molecule has 0 unspecified atom stereocenters. The monoisotopic (exact) mass is 204 g/mol. The van der Waals surface area contributed by atoms with Crippen LogP contribution in [-0.2, 0) is 16.0 Å². The molecule has 1 aromatic rings. The van der Waals surface area contributed by atoms with E-state index in [-0.39, 0.29) is 12.4 Å². The maximum atomic E-state index is 11.1. The third-order valence-electron chi connectivity index (χ3n) is 2.11. The highest BCUT2D eigenvalue weighted by Crippen LogP contribution is 2.18. The smallest absolute Gasteiger partial charge is 0.310 e. The van der Waals surface area contributed by atoms with Gasteiger partial charge in [0, 0.05) is 5.69 Å². The zero-order chi connectivity index (χ0) is 11.4. The number of hydrogen-bond donors (Lipinski definition) is 1. The number of nitrogens with two attached hydrogens (primary N) is 1. The molecule has 4 nitrogen and oxygen atoms in total. The number of esters is 1. The Morgan fingerprint density at radius 3 is 2.80 bits per heavy atom. The zero-order valence-electron chi connectivity index (χ0n) is 8.70. The van der Waals surface area contributed by atoms with Crippen molar-refractivity contribution in [3.8, 4) is 6.07 Å². The average molecular weight is 204 g/mol. The van der Waals surface area contributed by atoms with E-state index < -0.39 is 0 Å². The Hall–Kier alpha value is -2.02. The van der Waals surface area contributed by atoms with Crippen LogP contribution in [0.5, 0.6) is 0 Å². The summed E-state index contributed by atoms with van der Waals surface area (Å²) in [5.74, 6) is -0.378. The molecular formula is C11H12N2O2. The van der Waals surface area contributed by atoms with E-state index in [1.54, 1.807) is 19.1 Å². The van der Waals surface area contributed by atoms with E-state index in [9.17, 15) is 4.79 Å². The molecule has 0 spiro atoms. The number of nitriles is 1. The molecule has 0 fully saturated rings. The number of anilines is 1. The van der Waals surface area contributed by atoms with E-state index in [1.165, 1.54) is 7.11 Å². The molecule has 15 heavy (non-hydrogen) atoms. The second kappa shape index (κ2) is 4.47. The van der Waals surface area contributed by atoms with Gasteiger partial charge in [-0.3, -0.25) is 4.79 Å². The molecule has 0 heterocycles. The molecule has 0 aliphatic rings. The molecule has 2 N–H and O–H groups in total. The summed E-state index contributed by atoms with van der Waals surface area (Å²) in [6.45, 7) is 1.79. The first-order valence-corrected chi connectivity index (χ1v) is 4.44. The number of carbonyl (C=O) groups excluding carboxylic acids is 1. The Bertz CT molecular complexity index is 433. The van der Waals surface area contributed by atoms with E-state index in [1.807, 2.05) is 0 Å². The summed E-state index contributed by atoms with van der Waals surface area (Å²) in [7, 11) is 1.31. The number of carbonyl (C=O) groups is 1. The Morgan fingerprint density at radius 1 is 1.60 bits per heavy atom. The van der Waals surface area contributed by atoms with Gasteiger partial charge >= 0.3 is 5.97 Å². The number of ether oxygens (including phenoxy) is 1. The Kier molecular flexibility index (Phi) is 3.29. The molecular weight excluding hydrogens is 192 g/mol. The third-order valence-corrected chi connectivity index (χ3v) is 2.11. The van der Waals surface area contributed by atoms with E-state index >= 15 is 0 Å². The summed E-state index contributed by atoms with van der Waals surface area (Å²) < 4.78 is 4.54. The fourth-order valence-electron chi connectivity index (χ4n) is 1.42. The first kappa shape index (κ1) is 11.1. The van der Waals surface area contributed by atoms with Gasteiger partial charge in [0.05, 0.1) is 25.2 Å². The summed E-state index contributed by atoms with van der Waals surface area (Å²) in [4.78, 5) is 11.1. The van der Waals surface area contributed by atoms with E-state index in [0.29, 0.717) is 16.8 Å². The van der Waals surface area contributed by atoms with Gasteiger partial charge in [0.25, 0.3) is 0 Å². The van der Waals surface area contributed by atoms with Crippen LogP contribution in [0.1, 0.15) is 16.7 Å². The average Bonchev–Trinajstić information content (AvgIpc) is 2.17. The van der Waals surface area contributed by atoms with Gasteiger partial charge in [-0.05, 0) is 30.2 Å². The van der Waals surface area contributed by atoms with Crippen molar-refractivity contribution in [2.24, 2.45) is 0 Å². The molecule has 1 aromatic carbocycles. The molecule has 0 amide bonds. The molecule has 78 valence electrons. The highest BCUT2D eigenvalue weighted by molar-refractivity contribution is 5.74. The molecule has 0 aliphatic carbocycles. The maximum Gasteiger partial charge on any atom is 0.310 e. The van der Waals surface area contributed by atoms with Crippen LogP contribution < -0.4 is 5.73 Å². The van der Waals surface area contributed by atoms with Crippen molar-refractivity contribution in [1.29, 1.82) is 5.26 Å². The standard InChI is InChI=1S/C11H12N2O2/c1-7-3-9(13)4-8(10(7)6-12)5-11(14)15-2/h3-4H,5,13H2,1-2H3. The van der Waals surface area contributed by atoms with Crippen molar-refractivity contribution in [3.05, 3.63) is 28.8 Å². The number of hydrogen-bond acceptors (Lipinski definition) is 4. The highest BCUT2D eigenvalue weighted by atomic mass is 16.5. The van der Waals surface area contributed by atoms with E-state index in [4.69, 9.17) is 11.0 Å². The molecule has 4 heteroatoms. The number of aryl methyl sites for hydroxylation is 1. The summed E-state index contributed by atoms with van der Waals surface area (Å²) >= 11 is 0. The molecule has 0 radical (unpaired) electrons. The largest absolute Gasteiger partial charge is 0.469 e. The minimum absolute atomic E-state index is 0.0747. The lowest BCUT2D eigenvalue weighted by Gasteiger charge is -2.07. The predicted octanol–water partition coefficient (Wildman–Crippen LogP) is 1.16. The summed E-state index contributed by atoms with van der Waals surface area (Å²) in [6.07, 6.45) is 0.0747. The van der Waals surface area contributed by atoms with Crippen molar-refractivity contribution in [2.75, 3.05) is 12.8 Å². The van der Waals surface area contributed by atoms with Gasteiger partial charge < -0.3 is 10.5 Å². The lowest BCUT2D eigenvalue weighted by Crippen LogP contribution is -2.07. The highest BCUT2D eigenvalue weighted by Gasteiger charge is 2.11. The molecule has 0 saturated carbocycles. The fourth-order valence-corrected chi connectivity index (χ4v) is 1.42. The molecule has 0 saturated heterocycles. The van der Waals surface area contributed by atoms with Crippen LogP contribution in [0, 0.1) is 18.3 Å². The molecule has 0 aliphatic heterocycles. The maximum absolute atomic E-state index is 11.1. The van der Waals surface area contributed by atoms with Crippen molar-refractivity contribution in [1.82, 2.24) is 0 Å². The summed E-state index contributed by atoms with van der Waals surface area (Å²) in [5.41, 5.74) is 8.07. The third kappa shape index (κ3) is 2.47. The Balaban J connectivity index is 3.16. The topological polar surface area (TPSA) is 76.1 Å². The lowest BCUT2D eigenvalue weighted by atomic mass is 9.99. The first-order valence-electron chi connectivity index (χ1n) is 4.44. The Labute approximate surface area is 88.3 Å². The quantitative estimate of drug-likeness (QED) is 0.579. The van der Waals surface area contributed by atoms with Gasteiger partial charge in [-0.2, -0.15) is 5.26 Å². The zero-order valence-corrected chi connectivity index (χ0v) is 8.70. The van der Waals surface area contributed by atoms with Gasteiger partial charge in [-0.25, -0.2) is 0 Å². The number of nitrogens with zero attached hydrogens (tertiary/aromatic N) is 1. The molecule has 0 aromatic heterocycles. The molecule has 0 bridgehead atoms. The van der Waals surface area contributed by atoms with E-state index in [0.717, 1.165) is 5.56 Å². The number of rotatable bonds is 2. The van der Waals surface area contributed by atoms with Crippen LogP contribution in [-0.4, -0.2) is 13.1 Å². The number of benzene rings is 1. The van der Waals surface area contributed by atoms with Crippen LogP contribution in [0.2, 0.25) is 0 Å². The van der Waals surface area contributed by atoms with E-state index in [2.05, 4.69) is 10.8 Å². The minimum atomic E-state index is -0.378. The van der Waals surface area contributed by atoms with Gasteiger partial charge in [0.1, 0.15) is 0 Å². The van der Waals surface area contributed by atoms with Crippen LogP contribution >= 0.6 is 0 Å². The second-order valence-electron chi connectivity index (χ2n) is 3.24. The minimum Gasteiger partial charge on any atom is -0.469 e. The summed E-state index contributed by atoms with van der Waals surface area (Å²) in [6, 6.07) is 5.39. The van der Waals surface area contributed by atoms with Gasteiger partial charge in [-0.1, -0.05) is 0 Å². The van der Waals surface area contributed by atoms with Gasteiger partial charge in [0.2, 0.25) is 0 Å². The van der Waals surface area contributed by atoms with Crippen LogP contribution in [0.25, 0.3) is 0 Å². The number of methoxy groups -OCH3 is 1. The second-order valence-corrected chi connectivity index (χ2v) is 3.24. The van der Waals surface area contributed by atoms with Crippen LogP contribution in [0.4, 0.5) is 5.69 Å². The number of nitrogen functional groups attached to an aromatic ring is 1. The van der Waals surface area contributed by atoms with Crippen LogP contribution in [0.3, 0.4) is 0 Å². The predicted molar refractivity (Wildman–Crippen MR) is 56.0 cm³/mol. The summed E-state index contributed by atoms with van der Waals surface area (Å²) in [5, 5.41) is 8.93. The van der Waals surface area contributed by atoms with Crippen molar-refractivity contribution in [2.45, 2.75) is 13.3 Å². The SMILES string of the molecule is COC(=O)Cc1cc(N)cc(C)c1C#N. The fraction of sp³-hybridized carbons (Fsp3) is 0.273. The van der Waals surface area contributed by atoms with Gasteiger partial charge in [-0.15, -0.1) is 0 Å². The lowest BCUT2D eigenvalue weighted by molar-refractivity contribution is -0.139. The van der Waals surface area contributed by atoms with Crippen molar-refractivity contribution < 1.29 is 9.53 Å². The molecule has 1 rings (SSSR count).